The summed E-state index contributed by atoms with van der Waals surface area (Å²) in [5, 5.41) is 9.42. The van der Waals surface area contributed by atoms with Crippen molar-refractivity contribution < 1.29 is 4.79 Å². The molecule has 1 aliphatic heterocycles. The summed E-state index contributed by atoms with van der Waals surface area (Å²) in [6.07, 6.45) is 3.98. The zero-order valence-corrected chi connectivity index (χ0v) is 14.3. The van der Waals surface area contributed by atoms with Gasteiger partial charge in [-0.1, -0.05) is 0 Å². The molecule has 2 atom stereocenters. The van der Waals surface area contributed by atoms with Crippen molar-refractivity contribution >= 4 is 42.1 Å². The summed E-state index contributed by atoms with van der Waals surface area (Å²) in [5.41, 5.74) is 1.02. The molecule has 1 aliphatic rings. The number of nitrogens with one attached hydrogen (secondary N) is 2. The van der Waals surface area contributed by atoms with Crippen LogP contribution in [0.4, 0.5) is 0 Å². The predicted octanol–water partition coefficient (Wildman–Crippen LogP) is 3.00. The molecule has 2 rings (SSSR count). The van der Waals surface area contributed by atoms with Crippen molar-refractivity contribution in [1.29, 1.82) is 0 Å². The summed E-state index contributed by atoms with van der Waals surface area (Å²) >= 11 is 1.60. The first-order valence-corrected chi connectivity index (χ1v) is 7.48. The molecule has 0 aromatic carbocycles. The molecule has 1 aromatic rings. The molecule has 7 heteroatoms. The molecule has 116 valence electrons. The van der Waals surface area contributed by atoms with E-state index in [9.17, 15) is 4.79 Å². The first kappa shape index (κ1) is 19.6. The van der Waals surface area contributed by atoms with Crippen LogP contribution in [0.3, 0.4) is 0 Å². The Labute approximate surface area is 137 Å². The minimum absolute atomic E-state index is 0. The van der Waals surface area contributed by atoms with E-state index in [1.807, 2.05) is 19.2 Å². The molecule has 1 fully saturated rings. The number of carbonyl (C=O) groups is 1. The van der Waals surface area contributed by atoms with Gasteiger partial charge in [0.2, 0.25) is 5.91 Å². The lowest BCUT2D eigenvalue weighted by molar-refractivity contribution is -0.121. The number of halogens is 2. The van der Waals surface area contributed by atoms with Crippen LogP contribution < -0.4 is 10.6 Å². The quantitative estimate of drug-likeness (QED) is 0.866. The number of aromatic nitrogens is 1. The predicted molar refractivity (Wildman–Crippen MR) is 88.2 cm³/mol. The van der Waals surface area contributed by atoms with Crippen molar-refractivity contribution in [3.63, 3.8) is 0 Å². The van der Waals surface area contributed by atoms with E-state index in [1.165, 1.54) is 12.8 Å². The Morgan fingerprint density at radius 1 is 1.60 bits per heavy atom. The van der Waals surface area contributed by atoms with Gasteiger partial charge in [0.15, 0.2) is 0 Å². The second-order valence-electron chi connectivity index (χ2n) is 4.95. The molecule has 1 amide bonds. The van der Waals surface area contributed by atoms with Crippen LogP contribution in [0.1, 0.15) is 49.4 Å². The van der Waals surface area contributed by atoms with Crippen molar-refractivity contribution in [2.45, 2.75) is 51.6 Å². The zero-order chi connectivity index (χ0) is 13.0. The monoisotopic (exact) mass is 339 g/mol. The summed E-state index contributed by atoms with van der Waals surface area (Å²) in [6, 6.07) is 0.556. The van der Waals surface area contributed by atoms with Crippen LogP contribution in [0.2, 0.25) is 0 Å². The van der Waals surface area contributed by atoms with Crippen LogP contribution in [0, 0.1) is 6.92 Å². The van der Waals surface area contributed by atoms with E-state index >= 15 is 0 Å². The Kier molecular flexibility index (Phi) is 9.38. The maximum Gasteiger partial charge on any atom is 0.220 e. The number of thiazole rings is 1. The van der Waals surface area contributed by atoms with Gasteiger partial charge in [0.1, 0.15) is 5.01 Å². The summed E-state index contributed by atoms with van der Waals surface area (Å²) in [7, 11) is 0. The van der Waals surface area contributed by atoms with E-state index in [2.05, 4.69) is 15.6 Å². The summed E-state index contributed by atoms with van der Waals surface area (Å²) < 4.78 is 0. The highest BCUT2D eigenvalue weighted by Crippen LogP contribution is 2.18. The first-order chi connectivity index (χ1) is 8.65. The standard InChI is InChI=1S/C13H21N3OS.2ClH/c1-9-8-18-13(15-9)10(2)16-12(17)6-5-11-4-3-7-14-11;;/h8,10-11,14H,3-7H2,1-2H3,(H,16,17);2*1H. The summed E-state index contributed by atoms with van der Waals surface area (Å²) in [6.45, 7) is 5.06. The van der Waals surface area contributed by atoms with Gasteiger partial charge in [-0.2, -0.15) is 0 Å². The number of hydrogen-bond acceptors (Lipinski definition) is 4. The van der Waals surface area contributed by atoms with E-state index in [0.29, 0.717) is 12.5 Å². The average molecular weight is 340 g/mol. The van der Waals surface area contributed by atoms with Crippen molar-refractivity contribution in [2.75, 3.05) is 6.54 Å². The lowest BCUT2D eigenvalue weighted by Gasteiger charge is -2.13. The number of carbonyl (C=O) groups excluding carboxylic acids is 1. The van der Waals surface area contributed by atoms with Crippen LogP contribution in [0.15, 0.2) is 5.38 Å². The highest BCUT2D eigenvalue weighted by atomic mass is 35.5. The van der Waals surface area contributed by atoms with Crippen LogP contribution in [0.5, 0.6) is 0 Å². The average Bonchev–Trinajstić information content (AvgIpc) is 2.97. The number of aryl methyl sites for hydroxylation is 1. The molecule has 1 saturated heterocycles. The minimum Gasteiger partial charge on any atom is -0.347 e. The van der Waals surface area contributed by atoms with E-state index < -0.39 is 0 Å². The van der Waals surface area contributed by atoms with Gasteiger partial charge in [-0.15, -0.1) is 36.2 Å². The Bertz CT molecular complexity index is 408. The van der Waals surface area contributed by atoms with Gasteiger partial charge in [0.05, 0.1) is 6.04 Å². The Morgan fingerprint density at radius 2 is 2.35 bits per heavy atom. The largest absolute Gasteiger partial charge is 0.347 e. The molecular formula is C13H23Cl2N3OS. The molecular weight excluding hydrogens is 317 g/mol. The van der Waals surface area contributed by atoms with Gasteiger partial charge in [-0.3, -0.25) is 4.79 Å². The molecule has 0 saturated carbocycles. The highest BCUT2D eigenvalue weighted by molar-refractivity contribution is 7.09. The summed E-state index contributed by atoms with van der Waals surface area (Å²) in [4.78, 5) is 16.2. The van der Waals surface area contributed by atoms with Gasteiger partial charge in [-0.25, -0.2) is 4.98 Å². The normalized spacial score (nSPS) is 18.8. The molecule has 4 nitrogen and oxygen atoms in total. The third kappa shape index (κ3) is 5.95. The molecule has 0 radical (unpaired) electrons. The van der Waals surface area contributed by atoms with Crippen molar-refractivity contribution in [1.82, 2.24) is 15.6 Å². The Morgan fingerprint density at radius 3 is 2.90 bits per heavy atom. The van der Waals surface area contributed by atoms with Gasteiger partial charge < -0.3 is 10.6 Å². The molecule has 2 N–H and O–H groups in total. The van der Waals surface area contributed by atoms with E-state index in [1.54, 1.807) is 11.3 Å². The summed E-state index contributed by atoms with van der Waals surface area (Å²) in [5.74, 6) is 0.129. The third-order valence-corrected chi connectivity index (χ3v) is 4.41. The topological polar surface area (TPSA) is 54.0 Å². The molecule has 0 spiro atoms. The van der Waals surface area contributed by atoms with Gasteiger partial charge in [-0.05, 0) is 39.7 Å². The van der Waals surface area contributed by atoms with Crippen molar-refractivity contribution in [3.8, 4) is 0 Å². The highest BCUT2D eigenvalue weighted by Gasteiger charge is 2.17. The van der Waals surface area contributed by atoms with Gasteiger partial charge >= 0.3 is 0 Å². The second-order valence-corrected chi connectivity index (χ2v) is 5.84. The van der Waals surface area contributed by atoms with Crippen molar-refractivity contribution in [3.05, 3.63) is 16.1 Å². The maximum absolute atomic E-state index is 11.8. The lowest BCUT2D eigenvalue weighted by atomic mass is 10.1. The molecule has 1 aromatic heterocycles. The van der Waals surface area contributed by atoms with Crippen LogP contribution >= 0.6 is 36.2 Å². The molecule has 2 heterocycles. The SMILES string of the molecule is Cc1csc(C(C)NC(=O)CCC2CCCN2)n1.Cl.Cl. The Balaban J connectivity index is 0.00000180. The van der Waals surface area contributed by atoms with E-state index in [0.717, 1.165) is 23.7 Å². The number of rotatable bonds is 5. The minimum atomic E-state index is 0. The number of amides is 1. The Hall–Kier alpha value is -0.360. The van der Waals surface area contributed by atoms with Crippen LogP contribution in [-0.4, -0.2) is 23.5 Å². The van der Waals surface area contributed by atoms with Crippen LogP contribution in [-0.2, 0) is 4.79 Å². The zero-order valence-electron chi connectivity index (χ0n) is 11.8. The first-order valence-electron chi connectivity index (χ1n) is 6.60. The van der Waals surface area contributed by atoms with Crippen molar-refractivity contribution in [2.24, 2.45) is 0 Å². The van der Waals surface area contributed by atoms with Gasteiger partial charge in [0, 0.05) is 23.5 Å². The lowest BCUT2D eigenvalue weighted by Crippen LogP contribution is -2.29. The van der Waals surface area contributed by atoms with Gasteiger partial charge in [0.25, 0.3) is 0 Å². The van der Waals surface area contributed by atoms with E-state index in [4.69, 9.17) is 0 Å². The number of nitrogens with zero attached hydrogens (tertiary/aromatic N) is 1. The molecule has 0 bridgehead atoms. The number of hydrogen-bond donors (Lipinski definition) is 2. The fourth-order valence-corrected chi connectivity index (χ4v) is 3.06. The molecule has 2 unspecified atom stereocenters. The fourth-order valence-electron chi connectivity index (χ4n) is 2.25. The third-order valence-electron chi connectivity index (χ3n) is 3.27. The maximum atomic E-state index is 11.8. The second kappa shape index (κ2) is 9.55. The fraction of sp³-hybridized carbons (Fsp3) is 0.692. The van der Waals surface area contributed by atoms with E-state index in [-0.39, 0.29) is 36.8 Å². The molecule has 0 aliphatic carbocycles. The van der Waals surface area contributed by atoms with Crippen LogP contribution in [0.25, 0.3) is 0 Å². The smallest absolute Gasteiger partial charge is 0.220 e. The molecule has 20 heavy (non-hydrogen) atoms.